The Bertz CT molecular complexity index is 429. The molecule has 2 atom stereocenters. The van der Waals surface area contributed by atoms with Gasteiger partial charge in [-0.3, -0.25) is 4.79 Å². The maximum Gasteiger partial charge on any atom is 0.224 e. The normalized spacial score (nSPS) is 23.1. The van der Waals surface area contributed by atoms with Crippen LogP contribution in [0.15, 0.2) is 18.2 Å². The van der Waals surface area contributed by atoms with Crippen molar-refractivity contribution >= 4 is 17.5 Å². The second kappa shape index (κ2) is 5.70. The van der Waals surface area contributed by atoms with Crippen molar-refractivity contribution in [3.8, 4) is 0 Å². The first kappa shape index (κ1) is 13.3. The molecule has 2 nitrogen and oxygen atoms in total. The quantitative estimate of drug-likeness (QED) is 0.896. The predicted octanol–water partition coefficient (Wildman–Crippen LogP) is 3.33. The number of nitrogens with one attached hydrogen (secondary N) is 1. The summed E-state index contributed by atoms with van der Waals surface area (Å²) in [4.78, 5) is 11.8. The summed E-state index contributed by atoms with van der Waals surface area (Å²) in [5.74, 6) is 0.0888. The second-order valence-electron chi connectivity index (χ2n) is 5.06. The number of carbonyl (C=O) groups excluding carboxylic acids is 1. The Balaban J connectivity index is 1.95. The average molecular weight is 270 g/mol. The van der Waals surface area contributed by atoms with Crippen LogP contribution in [-0.4, -0.2) is 11.9 Å². The molecule has 1 aliphatic rings. The van der Waals surface area contributed by atoms with Crippen LogP contribution in [0.2, 0.25) is 5.02 Å². The van der Waals surface area contributed by atoms with E-state index in [-0.39, 0.29) is 23.9 Å². The van der Waals surface area contributed by atoms with E-state index in [0.29, 0.717) is 10.9 Å². The summed E-state index contributed by atoms with van der Waals surface area (Å²) in [6.07, 6.45) is 3.18. The summed E-state index contributed by atoms with van der Waals surface area (Å²) in [7, 11) is 0. The maximum absolute atomic E-state index is 13.5. The smallest absolute Gasteiger partial charge is 0.224 e. The second-order valence-corrected chi connectivity index (χ2v) is 5.47. The summed E-state index contributed by atoms with van der Waals surface area (Å²) in [5.41, 5.74) is 0.280. The molecule has 1 saturated carbocycles. The molecule has 1 aliphatic carbocycles. The molecule has 0 heterocycles. The van der Waals surface area contributed by atoms with E-state index in [1.807, 2.05) is 0 Å². The fourth-order valence-electron chi connectivity index (χ4n) is 2.48. The van der Waals surface area contributed by atoms with Gasteiger partial charge in [-0.2, -0.15) is 0 Å². The molecule has 1 amide bonds. The third-order valence-corrected chi connectivity index (χ3v) is 3.81. The monoisotopic (exact) mass is 269 g/mol. The molecular weight excluding hydrogens is 253 g/mol. The van der Waals surface area contributed by atoms with E-state index >= 15 is 0 Å². The van der Waals surface area contributed by atoms with Gasteiger partial charge in [0, 0.05) is 16.6 Å². The number of halogens is 2. The van der Waals surface area contributed by atoms with Crippen LogP contribution >= 0.6 is 11.6 Å². The third-order valence-electron chi connectivity index (χ3n) is 3.46. The van der Waals surface area contributed by atoms with Gasteiger partial charge >= 0.3 is 0 Å². The third kappa shape index (κ3) is 3.22. The molecule has 0 radical (unpaired) electrons. The fraction of sp³-hybridized carbons (Fsp3) is 0.500. The Kier molecular flexibility index (Phi) is 4.23. The van der Waals surface area contributed by atoms with Crippen LogP contribution in [-0.2, 0) is 11.2 Å². The van der Waals surface area contributed by atoms with Crippen molar-refractivity contribution in [3.05, 3.63) is 34.6 Å². The first-order valence-corrected chi connectivity index (χ1v) is 6.66. The lowest BCUT2D eigenvalue weighted by atomic mass is 10.1. The topological polar surface area (TPSA) is 29.1 Å². The van der Waals surface area contributed by atoms with Crippen LogP contribution in [0, 0.1) is 11.7 Å². The predicted molar refractivity (Wildman–Crippen MR) is 70.1 cm³/mol. The molecule has 18 heavy (non-hydrogen) atoms. The highest BCUT2D eigenvalue weighted by Gasteiger charge is 2.23. The van der Waals surface area contributed by atoms with Gasteiger partial charge in [0.05, 0.1) is 6.42 Å². The van der Waals surface area contributed by atoms with Gasteiger partial charge in [0.25, 0.3) is 0 Å². The van der Waals surface area contributed by atoms with Gasteiger partial charge in [-0.15, -0.1) is 0 Å². The van der Waals surface area contributed by atoms with E-state index in [1.54, 1.807) is 6.07 Å². The van der Waals surface area contributed by atoms with Crippen molar-refractivity contribution in [3.63, 3.8) is 0 Å². The Morgan fingerprint density at radius 2 is 2.28 bits per heavy atom. The first-order valence-electron chi connectivity index (χ1n) is 6.28. The zero-order valence-corrected chi connectivity index (χ0v) is 11.1. The summed E-state index contributed by atoms with van der Waals surface area (Å²) >= 11 is 5.89. The summed E-state index contributed by atoms with van der Waals surface area (Å²) in [6, 6.07) is 4.70. The summed E-state index contributed by atoms with van der Waals surface area (Å²) in [6.45, 7) is 2.18. The molecule has 4 heteroatoms. The SMILES string of the molecule is CC1CCC(NC(=O)Cc2c(F)cccc2Cl)C1. The van der Waals surface area contributed by atoms with E-state index in [9.17, 15) is 9.18 Å². The number of hydrogen-bond donors (Lipinski definition) is 1. The molecular formula is C14H17ClFNO. The molecule has 0 aromatic heterocycles. The number of carbonyl (C=O) groups is 1. The number of rotatable bonds is 3. The molecule has 0 saturated heterocycles. The molecule has 2 unspecified atom stereocenters. The van der Waals surface area contributed by atoms with Crippen molar-refractivity contribution in [1.29, 1.82) is 0 Å². The van der Waals surface area contributed by atoms with Gasteiger partial charge in [-0.05, 0) is 37.3 Å². The fourth-order valence-corrected chi connectivity index (χ4v) is 2.71. The van der Waals surface area contributed by atoms with Gasteiger partial charge < -0.3 is 5.32 Å². The molecule has 1 aromatic rings. The highest BCUT2D eigenvalue weighted by atomic mass is 35.5. The molecule has 0 bridgehead atoms. The van der Waals surface area contributed by atoms with Gasteiger partial charge in [0.1, 0.15) is 5.82 Å². The molecule has 0 aliphatic heterocycles. The number of hydrogen-bond acceptors (Lipinski definition) is 1. The van der Waals surface area contributed by atoms with Gasteiger partial charge in [-0.25, -0.2) is 4.39 Å². The highest BCUT2D eigenvalue weighted by Crippen LogP contribution is 2.25. The molecule has 98 valence electrons. The van der Waals surface area contributed by atoms with Crippen LogP contribution < -0.4 is 5.32 Å². The van der Waals surface area contributed by atoms with E-state index in [0.717, 1.165) is 19.3 Å². The Morgan fingerprint density at radius 3 is 2.89 bits per heavy atom. The minimum atomic E-state index is -0.419. The van der Waals surface area contributed by atoms with Crippen molar-refractivity contribution in [2.75, 3.05) is 0 Å². The van der Waals surface area contributed by atoms with Crippen LogP contribution in [0.1, 0.15) is 31.7 Å². The lowest BCUT2D eigenvalue weighted by molar-refractivity contribution is -0.121. The average Bonchev–Trinajstić information content (AvgIpc) is 2.69. The van der Waals surface area contributed by atoms with Crippen LogP contribution in [0.5, 0.6) is 0 Å². The van der Waals surface area contributed by atoms with E-state index in [2.05, 4.69) is 12.2 Å². The zero-order valence-electron chi connectivity index (χ0n) is 10.4. The lowest BCUT2D eigenvalue weighted by Gasteiger charge is -2.13. The minimum Gasteiger partial charge on any atom is -0.353 e. The Hall–Kier alpha value is -1.09. The molecule has 1 fully saturated rings. The van der Waals surface area contributed by atoms with E-state index in [1.165, 1.54) is 12.1 Å². The van der Waals surface area contributed by atoms with Crippen LogP contribution in [0.25, 0.3) is 0 Å². The lowest BCUT2D eigenvalue weighted by Crippen LogP contribution is -2.34. The standard InChI is InChI=1S/C14H17ClFNO/c1-9-5-6-10(7-9)17-14(18)8-11-12(15)3-2-4-13(11)16/h2-4,9-10H,5-8H2,1H3,(H,17,18). The van der Waals surface area contributed by atoms with Gasteiger partial charge in [-0.1, -0.05) is 24.6 Å². The van der Waals surface area contributed by atoms with E-state index < -0.39 is 5.82 Å². The van der Waals surface area contributed by atoms with Crippen molar-refractivity contribution < 1.29 is 9.18 Å². The molecule has 1 N–H and O–H groups in total. The van der Waals surface area contributed by atoms with Crippen LogP contribution in [0.3, 0.4) is 0 Å². The van der Waals surface area contributed by atoms with Gasteiger partial charge in [0.15, 0.2) is 0 Å². The molecule has 0 spiro atoms. The number of benzene rings is 1. The van der Waals surface area contributed by atoms with E-state index in [4.69, 9.17) is 11.6 Å². The minimum absolute atomic E-state index is 0.0103. The zero-order chi connectivity index (χ0) is 13.1. The summed E-state index contributed by atoms with van der Waals surface area (Å²) in [5, 5.41) is 3.26. The number of amides is 1. The first-order chi connectivity index (χ1) is 8.56. The molecule has 2 rings (SSSR count). The maximum atomic E-state index is 13.5. The largest absolute Gasteiger partial charge is 0.353 e. The Morgan fingerprint density at radius 1 is 1.50 bits per heavy atom. The van der Waals surface area contributed by atoms with Crippen molar-refractivity contribution in [1.82, 2.24) is 5.32 Å². The van der Waals surface area contributed by atoms with Gasteiger partial charge in [0.2, 0.25) is 5.91 Å². The van der Waals surface area contributed by atoms with Crippen molar-refractivity contribution in [2.24, 2.45) is 5.92 Å². The van der Waals surface area contributed by atoms with Crippen LogP contribution in [0.4, 0.5) is 4.39 Å². The summed E-state index contributed by atoms with van der Waals surface area (Å²) < 4.78 is 13.5. The molecule has 1 aromatic carbocycles. The van der Waals surface area contributed by atoms with Crippen molar-refractivity contribution in [2.45, 2.75) is 38.6 Å². The highest BCUT2D eigenvalue weighted by molar-refractivity contribution is 6.31. The Labute approximate surface area is 112 Å².